The first-order chi connectivity index (χ1) is 14.5. The second-order valence-corrected chi connectivity index (χ2v) is 6.80. The molecule has 0 saturated carbocycles. The van der Waals surface area contributed by atoms with Crippen molar-refractivity contribution >= 4 is 40.1 Å². The van der Waals surface area contributed by atoms with Crippen LogP contribution in [-0.4, -0.2) is 11.9 Å². The average Bonchev–Trinajstić information content (AvgIpc) is 2.75. The zero-order valence-corrected chi connectivity index (χ0v) is 16.2. The van der Waals surface area contributed by atoms with Crippen LogP contribution in [0.2, 0.25) is 5.02 Å². The van der Waals surface area contributed by atoms with Crippen molar-refractivity contribution in [2.45, 2.75) is 0 Å². The Bertz CT molecular complexity index is 1290. The first-order valence-corrected chi connectivity index (χ1v) is 9.29. The molecule has 1 aromatic heterocycles. The van der Waals surface area contributed by atoms with Crippen molar-refractivity contribution < 1.29 is 18.7 Å². The summed E-state index contributed by atoms with van der Waals surface area (Å²) < 4.78 is 10.4. The molecule has 6 nitrogen and oxygen atoms in total. The molecule has 1 N–H and O–H groups in total. The molecule has 3 aromatic carbocycles. The maximum Gasteiger partial charge on any atom is 0.351 e. The van der Waals surface area contributed by atoms with Crippen LogP contribution in [0.3, 0.4) is 0 Å². The van der Waals surface area contributed by atoms with Gasteiger partial charge in [0.15, 0.2) is 0 Å². The van der Waals surface area contributed by atoms with Gasteiger partial charge in [0.25, 0.3) is 5.91 Å². The fourth-order valence-corrected chi connectivity index (χ4v) is 2.90. The Morgan fingerprint density at radius 3 is 2.33 bits per heavy atom. The SMILES string of the molecule is O=C(Nc1ccc(Cl)cc1)c1ccc(OC(=O)c2cc3ccccc3oc2=O)cc1. The van der Waals surface area contributed by atoms with E-state index in [1.165, 1.54) is 30.3 Å². The van der Waals surface area contributed by atoms with Crippen molar-refractivity contribution in [3.8, 4) is 5.75 Å². The average molecular weight is 420 g/mol. The van der Waals surface area contributed by atoms with Gasteiger partial charge in [0.2, 0.25) is 0 Å². The summed E-state index contributed by atoms with van der Waals surface area (Å²) in [6.07, 6.45) is 0. The molecule has 0 radical (unpaired) electrons. The van der Waals surface area contributed by atoms with E-state index in [4.69, 9.17) is 20.8 Å². The highest BCUT2D eigenvalue weighted by Crippen LogP contribution is 2.18. The van der Waals surface area contributed by atoms with E-state index < -0.39 is 11.6 Å². The second kappa shape index (κ2) is 8.23. The molecule has 0 unspecified atom stereocenters. The molecule has 1 heterocycles. The number of amides is 1. The predicted molar refractivity (Wildman–Crippen MR) is 113 cm³/mol. The van der Waals surface area contributed by atoms with E-state index in [9.17, 15) is 14.4 Å². The molecule has 4 aromatic rings. The summed E-state index contributed by atoms with van der Waals surface area (Å²) in [5.41, 5.74) is 0.365. The lowest BCUT2D eigenvalue weighted by Gasteiger charge is -2.07. The van der Waals surface area contributed by atoms with Crippen LogP contribution in [0.25, 0.3) is 11.0 Å². The summed E-state index contributed by atoms with van der Waals surface area (Å²) in [7, 11) is 0. The normalized spacial score (nSPS) is 10.6. The molecular formula is C23H14ClNO5. The van der Waals surface area contributed by atoms with Crippen LogP contribution in [0.5, 0.6) is 5.75 Å². The zero-order valence-electron chi connectivity index (χ0n) is 15.4. The summed E-state index contributed by atoms with van der Waals surface area (Å²) in [6, 6.07) is 21.0. The number of ether oxygens (including phenoxy) is 1. The monoisotopic (exact) mass is 419 g/mol. The zero-order chi connectivity index (χ0) is 21.1. The number of nitrogens with one attached hydrogen (secondary N) is 1. The van der Waals surface area contributed by atoms with Gasteiger partial charge in [0, 0.05) is 21.7 Å². The number of para-hydroxylation sites is 1. The minimum absolute atomic E-state index is 0.190. The van der Waals surface area contributed by atoms with E-state index in [1.807, 2.05) is 0 Å². The number of halogens is 1. The number of carbonyl (C=O) groups is 2. The maximum absolute atomic E-state index is 12.4. The Morgan fingerprint density at radius 2 is 1.60 bits per heavy atom. The standard InChI is InChI=1S/C23H14ClNO5/c24-16-7-9-17(10-8-16)25-21(26)14-5-11-18(12-6-14)29-22(27)19-13-15-3-1-2-4-20(15)30-23(19)28/h1-13H,(H,25,26). The highest BCUT2D eigenvalue weighted by Gasteiger charge is 2.16. The summed E-state index contributed by atoms with van der Waals surface area (Å²) in [5, 5.41) is 3.92. The molecule has 0 aliphatic heterocycles. The number of rotatable bonds is 4. The number of benzene rings is 3. The van der Waals surface area contributed by atoms with Gasteiger partial charge >= 0.3 is 11.6 Å². The van der Waals surface area contributed by atoms with Crippen molar-refractivity contribution in [3.05, 3.63) is 105 Å². The van der Waals surface area contributed by atoms with E-state index in [-0.39, 0.29) is 17.2 Å². The van der Waals surface area contributed by atoms with Gasteiger partial charge in [-0.25, -0.2) is 9.59 Å². The number of anilines is 1. The van der Waals surface area contributed by atoms with Crippen LogP contribution in [0.15, 0.2) is 88.1 Å². The first kappa shape index (κ1) is 19.4. The summed E-state index contributed by atoms with van der Waals surface area (Å²) in [5.74, 6) is -0.978. The number of hydrogen-bond donors (Lipinski definition) is 1. The van der Waals surface area contributed by atoms with Gasteiger partial charge in [-0.3, -0.25) is 4.79 Å². The van der Waals surface area contributed by atoms with Crippen molar-refractivity contribution in [1.82, 2.24) is 0 Å². The molecule has 1 amide bonds. The molecule has 0 saturated heterocycles. The maximum atomic E-state index is 12.4. The third-order valence-corrected chi connectivity index (χ3v) is 4.54. The molecule has 0 aliphatic carbocycles. The fraction of sp³-hybridized carbons (Fsp3) is 0. The van der Waals surface area contributed by atoms with E-state index >= 15 is 0 Å². The van der Waals surface area contributed by atoms with E-state index in [1.54, 1.807) is 48.5 Å². The molecular weight excluding hydrogens is 406 g/mol. The van der Waals surface area contributed by atoms with Crippen molar-refractivity contribution in [2.75, 3.05) is 5.32 Å². The number of esters is 1. The van der Waals surface area contributed by atoms with Crippen LogP contribution in [0.4, 0.5) is 5.69 Å². The molecule has 4 rings (SSSR count). The Morgan fingerprint density at radius 1 is 0.900 bits per heavy atom. The van der Waals surface area contributed by atoms with Crippen LogP contribution < -0.4 is 15.7 Å². The van der Waals surface area contributed by atoms with Gasteiger partial charge in [0.1, 0.15) is 16.9 Å². The summed E-state index contributed by atoms with van der Waals surface area (Å²) >= 11 is 5.83. The van der Waals surface area contributed by atoms with Gasteiger partial charge in [0.05, 0.1) is 0 Å². The van der Waals surface area contributed by atoms with Gasteiger partial charge in [-0.2, -0.15) is 0 Å². The number of fused-ring (bicyclic) bond motifs is 1. The molecule has 0 spiro atoms. The first-order valence-electron chi connectivity index (χ1n) is 8.92. The largest absolute Gasteiger partial charge is 0.423 e. The van der Waals surface area contributed by atoms with Crippen molar-refractivity contribution in [1.29, 1.82) is 0 Å². The van der Waals surface area contributed by atoms with Crippen LogP contribution in [0, 0.1) is 0 Å². The molecule has 30 heavy (non-hydrogen) atoms. The quantitative estimate of drug-likeness (QED) is 0.288. The Balaban J connectivity index is 1.47. The summed E-state index contributed by atoms with van der Waals surface area (Å²) in [6.45, 7) is 0. The number of carbonyl (C=O) groups excluding carboxylic acids is 2. The van der Waals surface area contributed by atoms with E-state index in [2.05, 4.69) is 5.32 Å². The third-order valence-electron chi connectivity index (χ3n) is 4.29. The molecule has 7 heteroatoms. The molecule has 148 valence electrons. The Labute approximate surface area is 175 Å². The van der Waals surface area contributed by atoms with Crippen LogP contribution in [-0.2, 0) is 0 Å². The van der Waals surface area contributed by atoms with E-state index in [0.29, 0.717) is 27.2 Å². The number of hydrogen-bond acceptors (Lipinski definition) is 5. The van der Waals surface area contributed by atoms with Gasteiger partial charge in [-0.15, -0.1) is 0 Å². The highest BCUT2D eigenvalue weighted by molar-refractivity contribution is 6.30. The molecule has 0 fully saturated rings. The smallest absolute Gasteiger partial charge is 0.351 e. The van der Waals surface area contributed by atoms with Gasteiger partial charge in [-0.05, 0) is 60.7 Å². The molecule has 0 aliphatic rings. The Kier molecular flexibility index (Phi) is 5.32. The third kappa shape index (κ3) is 4.24. The van der Waals surface area contributed by atoms with Gasteiger partial charge < -0.3 is 14.5 Å². The fourth-order valence-electron chi connectivity index (χ4n) is 2.78. The van der Waals surface area contributed by atoms with Gasteiger partial charge in [-0.1, -0.05) is 29.8 Å². The Hall–Kier alpha value is -3.90. The van der Waals surface area contributed by atoms with Crippen molar-refractivity contribution in [2.24, 2.45) is 0 Å². The van der Waals surface area contributed by atoms with E-state index in [0.717, 1.165) is 0 Å². The van der Waals surface area contributed by atoms with Crippen LogP contribution in [0.1, 0.15) is 20.7 Å². The predicted octanol–water partition coefficient (Wildman–Crippen LogP) is 4.92. The minimum Gasteiger partial charge on any atom is -0.423 e. The molecule has 0 atom stereocenters. The second-order valence-electron chi connectivity index (χ2n) is 6.36. The summed E-state index contributed by atoms with van der Waals surface area (Å²) in [4.78, 5) is 36.8. The van der Waals surface area contributed by atoms with Crippen LogP contribution >= 0.6 is 11.6 Å². The lowest BCUT2D eigenvalue weighted by Crippen LogP contribution is -2.18. The van der Waals surface area contributed by atoms with Crippen molar-refractivity contribution in [3.63, 3.8) is 0 Å². The lowest BCUT2D eigenvalue weighted by atomic mass is 10.2. The molecule has 0 bridgehead atoms. The minimum atomic E-state index is -0.840. The topological polar surface area (TPSA) is 85.6 Å². The lowest BCUT2D eigenvalue weighted by molar-refractivity contribution is 0.0730. The highest BCUT2D eigenvalue weighted by atomic mass is 35.5.